The molecule has 0 aromatic rings. The van der Waals surface area contributed by atoms with Crippen molar-refractivity contribution in [1.29, 1.82) is 10.8 Å². The predicted octanol–water partition coefficient (Wildman–Crippen LogP) is 1.46. The van der Waals surface area contributed by atoms with Crippen molar-refractivity contribution in [3.8, 4) is 0 Å². The van der Waals surface area contributed by atoms with Gasteiger partial charge in [0.05, 0.1) is 0 Å². The standard InChI is InChI=1S/C6H10N2/c7-4-6(8)3-5-1-2-5/h4-5,7-8H,1-3H2. The van der Waals surface area contributed by atoms with Gasteiger partial charge in [0.2, 0.25) is 0 Å². The zero-order valence-electron chi connectivity index (χ0n) is 4.78. The summed E-state index contributed by atoms with van der Waals surface area (Å²) in [6.45, 7) is 0. The van der Waals surface area contributed by atoms with Crippen LogP contribution in [-0.4, -0.2) is 11.9 Å². The minimum atomic E-state index is 0.479. The smallest absolute Gasteiger partial charge is 0.0492 e. The Balaban J connectivity index is 2.16. The van der Waals surface area contributed by atoms with Crippen LogP contribution in [0.1, 0.15) is 19.3 Å². The second kappa shape index (κ2) is 2.07. The van der Waals surface area contributed by atoms with Gasteiger partial charge < -0.3 is 10.8 Å². The molecule has 1 fully saturated rings. The molecule has 0 atom stereocenters. The highest BCUT2D eigenvalue weighted by atomic mass is 14.5. The lowest BCUT2D eigenvalue weighted by Crippen LogP contribution is -1.96. The summed E-state index contributed by atoms with van der Waals surface area (Å²) < 4.78 is 0. The van der Waals surface area contributed by atoms with Crippen molar-refractivity contribution in [2.75, 3.05) is 0 Å². The fourth-order valence-corrected chi connectivity index (χ4v) is 0.692. The maximum absolute atomic E-state index is 7.06. The summed E-state index contributed by atoms with van der Waals surface area (Å²) in [5.41, 5.74) is 0.479. The lowest BCUT2D eigenvalue weighted by Gasteiger charge is -1.88. The first-order valence-corrected chi connectivity index (χ1v) is 2.91. The topological polar surface area (TPSA) is 47.7 Å². The summed E-state index contributed by atoms with van der Waals surface area (Å²) in [7, 11) is 0. The summed E-state index contributed by atoms with van der Waals surface area (Å²) in [5.74, 6) is 0.754. The largest absolute Gasteiger partial charge is 0.307 e. The van der Waals surface area contributed by atoms with Gasteiger partial charge in [-0.25, -0.2) is 0 Å². The van der Waals surface area contributed by atoms with Crippen LogP contribution in [-0.2, 0) is 0 Å². The van der Waals surface area contributed by atoms with Gasteiger partial charge >= 0.3 is 0 Å². The number of hydrogen-bond acceptors (Lipinski definition) is 2. The Labute approximate surface area is 48.9 Å². The lowest BCUT2D eigenvalue weighted by molar-refractivity contribution is 0.897. The third-order valence-electron chi connectivity index (χ3n) is 1.38. The van der Waals surface area contributed by atoms with E-state index in [-0.39, 0.29) is 0 Å². The zero-order chi connectivity index (χ0) is 5.98. The van der Waals surface area contributed by atoms with E-state index >= 15 is 0 Å². The Morgan fingerprint density at radius 3 is 2.62 bits per heavy atom. The van der Waals surface area contributed by atoms with Gasteiger partial charge in [0.15, 0.2) is 0 Å². The van der Waals surface area contributed by atoms with Crippen molar-refractivity contribution in [3.05, 3.63) is 0 Å². The predicted molar refractivity (Wildman–Crippen MR) is 33.9 cm³/mol. The van der Waals surface area contributed by atoms with E-state index in [0.717, 1.165) is 18.6 Å². The van der Waals surface area contributed by atoms with Crippen molar-refractivity contribution in [2.24, 2.45) is 5.92 Å². The Bertz CT molecular complexity index is 114. The van der Waals surface area contributed by atoms with Crippen molar-refractivity contribution in [1.82, 2.24) is 0 Å². The number of nitrogens with one attached hydrogen (secondary N) is 2. The zero-order valence-corrected chi connectivity index (χ0v) is 4.78. The summed E-state index contributed by atoms with van der Waals surface area (Å²) in [6.07, 6.45) is 4.52. The van der Waals surface area contributed by atoms with E-state index in [0.29, 0.717) is 5.71 Å². The van der Waals surface area contributed by atoms with Gasteiger partial charge in [-0.05, 0) is 25.2 Å². The summed E-state index contributed by atoms with van der Waals surface area (Å²) in [6, 6.07) is 0. The van der Waals surface area contributed by atoms with Crippen LogP contribution >= 0.6 is 0 Å². The van der Waals surface area contributed by atoms with Gasteiger partial charge in [-0.15, -0.1) is 0 Å². The Morgan fingerprint density at radius 1 is 1.62 bits per heavy atom. The van der Waals surface area contributed by atoms with Gasteiger partial charge in [-0.3, -0.25) is 0 Å². The Morgan fingerprint density at radius 2 is 2.25 bits per heavy atom. The highest BCUT2D eigenvalue weighted by Crippen LogP contribution is 2.32. The molecule has 1 aliphatic carbocycles. The van der Waals surface area contributed by atoms with Gasteiger partial charge in [-0.1, -0.05) is 0 Å². The maximum Gasteiger partial charge on any atom is 0.0492 e. The quantitative estimate of drug-likeness (QED) is 0.517. The molecule has 2 heteroatoms. The summed E-state index contributed by atoms with van der Waals surface area (Å²) >= 11 is 0. The van der Waals surface area contributed by atoms with Crippen LogP contribution in [0.4, 0.5) is 0 Å². The average Bonchev–Trinajstić information content (AvgIpc) is 2.50. The highest BCUT2D eigenvalue weighted by molar-refractivity contribution is 6.27. The molecule has 0 aromatic carbocycles. The normalized spacial score (nSPS) is 18.0. The molecule has 2 nitrogen and oxygen atoms in total. The molecule has 2 N–H and O–H groups in total. The molecule has 0 amide bonds. The molecule has 0 bridgehead atoms. The van der Waals surface area contributed by atoms with Crippen molar-refractivity contribution >= 4 is 11.9 Å². The fraction of sp³-hybridized carbons (Fsp3) is 0.667. The highest BCUT2D eigenvalue weighted by Gasteiger charge is 2.21. The van der Waals surface area contributed by atoms with E-state index in [4.69, 9.17) is 10.8 Å². The van der Waals surface area contributed by atoms with Crippen LogP contribution in [0.5, 0.6) is 0 Å². The molecule has 0 saturated heterocycles. The minimum absolute atomic E-state index is 0.479. The lowest BCUT2D eigenvalue weighted by atomic mass is 10.2. The Hall–Kier alpha value is -0.660. The van der Waals surface area contributed by atoms with Gasteiger partial charge in [-0.2, -0.15) is 0 Å². The summed E-state index contributed by atoms with van der Waals surface area (Å²) in [4.78, 5) is 0. The fourth-order valence-electron chi connectivity index (χ4n) is 0.692. The second-order valence-electron chi connectivity index (χ2n) is 2.32. The van der Waals surface area contributed by atoms with E-state index < -0.39 is 0 Å². The minimum Gasteiger partial charge on any atom is -0.307 e. The van der Waals surface area contributed by atoms with E-state index in [1.807, 2.05) is 0 Å². The van der Waals surface area contributed by atoms with Crippen LogP contribution in [0.3, 0.4) is 0 Å². The third kappa shape index (κ3) is 1.45. The summed E-state index contributed by atoms with van der Waals surface area (Å²) in [5, 5.41) is 13.7. The monoisotopic (exact) mass is 110 g/mol. The molecule has 1 aliphatic rings. The van der Waals surface area contributed by atoms with E-state index in [1.54, 1.807) is 0 Å². The molecule has 44 valence electrons. The molecule has 1 saturated carbocycles. The van der Waals surface area contributed by atoms with Crippen molar-refractivity contribution in [2.45, 2.75) is 19.3 Å². The molecular weight excluding hydrogens is 100 g/mol. The van der Waals surface area contributed by atoms with Gasteiger partial charge in [0.25, 0.3) is 0 Å². The van der Waals surface area contributed by atoms with Crippen LogP contribution < -0.4 is 0 Å². The van der Waals surface area contributed by atoms with Crippen LogP contribution in [0.25, 0.3) is 0 Å². The average molecular weight is 110 g/mol. The van der Waals surface area contributed by atoms with Crippen LogP contribution in [0, 0.1) is 16.7 Å². The third-order valence-corrected chi connectivity index (χ3v) is 1.38. The van der Waals surface area contributed by atoms with Gasteiger partial charge in [0.1, 0.15) is 0 Å². The Kier molecular flexibility index (Phi) is 1.42. The molecule has 0 unspecified atom stereocenters. The van der Waals surface area contributed by atoms with E-state index in [1.165, 1.54) is 12.8 Å². The SMILES string of the molecule is N=CC(=N)CC1CC1. The van der Waals surface area contributed by atoms with E-state index in [2.05, 4.69) is 0 Å². The van der Waals surface area contributed by atoms with Crippen molar-refractivity contribution < 1.29 is 0 Å². The maximum atomic E-state index is 7.06. The first-order chi connectivity index (χ1) is 3.83. The van der Waals surface area contributed by atoms with Crippen LogP contribution in [0.2, 0.25) is 0 Å². The molecule has 0 heterocycles. The number of rotatable bonds is 3. The van der Waals surface area contributed by atoms with E-state index in [9.17, 15) is 0 Å². The van der Waals surface area contributed by atoms with Crippen LogP contribution in [0.15, 0.2) is 0 Å². The van der Waals surface area contributed by atoms with Crippen molar-refractivity contribution in [3.63, 3.8) is 0 Å². The first-order valence-electron chi connectivity index (χ1n) is 2.91. The first kappa shape index (κ1) is 5.48. The molecule has 0 spiro atoms. The molecule has 0 radical (unpaired) electrons. The second-order valence-corrected chi connectivity index (χ2v) is 2.32. The molecule has 8 heavy (non-hydrogen) atoms. The molecule has 1 rings (SSSR count). The number of hydrogen-bond donors (Lipinski definition) is 2. The molecule has 0 aromatic heterocycles. The van der Waals surface area contributed by atoms with Gasteiger partial charge in [0, 0.05) is 11.9 Å². The molecule has 0 aliphatic heterocycles. The molecular formula is C6H10N2.